The Balaban J connectivity index is 1.98. The Morgan fingerprint density at radius 2 is 1.36 bits per heavy atom. The van der Waals surface area contributed by atoms with E-state index in [1.807, 2.05) is 38.1 Å². The van der Waals surface area contributed by atoms with Crippen LogP contribution >= 0.6 is 11.3 Å². The Morgan fingerprint density at radius 1 is 0.750 bits per heavy atom. The summed E-state index contributed by atoms with van der Waals surface area (Å²) in [6, 6.07) is 29.3. The van der Waals surface area contributed by atoms with Gasteiger partial charge in [-0.05, 0) is 37.1 Å². The van der Waals surface area contributed by atoms with Crippen molar-refractivity contribution in [2.24, 2.45) is 10.2 Å². The average Bonchev–Trinajstić information content (AvgIpc) is 3.17. The van der Waals surface area contributed by atoms with Crippen LogP contribution in [-0.2, 0) is 0 Å². The molecule has 138 valence electrons. The van der Waals surface area contributed by atoms with Gasteiger partial charge in [0.15, 0.2) is 0 Å². The van der Waals surface area contributed by atoms with Crippen molar-refractivity contribution in [3.8, 4) is 28.1 Å². The van der Waals surface area contributed by atoms with E-state index in [-0.39, 0.29) is 0 Å². The molecule has 1 aromatic heterocycles. The fourth-order valence-corrected chi connectivity index (χ4v) is 3.96. The van der Waals surface area contributed by atoms with Crippen LogP contribution in [0.25, 0.3) is 28.1 Å². The highest BCUT2D eigenvalue weighted by Gasteiger charge is 2.14. The van der Waals surface area contributed by atoms with E-state index in [4.69, 9.17) is 0 Å². The van der Waals surface area contributed by atoms with Gasteiger partial charge in [0, 0.05) is 22.3 Å². The summed E-state index contributed by atoms with van der Waals surface area (Å²) < 4.78 is 2.18. The SMILES string of the molecule is CC(C)=NN=c1scc(-c2ccccc2-c2ccccc2)n1-c1ccccc1. The van der Waals surface area contributed by atoms with Crippen LogP contribution in [0.1, 0.15) is 13.8 Å². The van der Waals surface area contributed by atoms with Gasteiger partial charge >= 0.3 is 0 Å². The van der Waals surface area contributed by atoms with Crippen LogP contribution in [0.3, 0.4) is 0 Å². The number of benzene rings is 3. The summed E-state index contributed by atoms with van der Waals surface area (Å²) in [5.41, 5.74) is 6.69. The predicted octanol–water partition coefficient (Wildman–Crippen LogP) is 6.17. The van der Waals surface area contributed by atoms with E-state index in [1.165, 1.54) is 16.7 Å². The highest BCUT2D eigenvalue weighted by molar-refractivity contribution is 7.07. The Hall–Kier alpha value is -3.24. The van der Waals surface area contributed by atoms with Gasteiger partial charge in [0.1, 0.15) is 0 Å². The van der Waals surface area contributed by atoms with E-state index in [0.29, 0.717) is 0 Å². The normalized spacial score (nSPS) is 11.4. The van der Waals surface area contributed by atoms with Gasteiger partial charge in [-0.15, -0.1) is 16.4 Å². The largest absolute Gasteiger partial charge is 0.284 e. The van der Waals surface area contributed by atoms with Gasteiger partial charge in [-0.2, -0.15) is 5.10 Å². The molecule has 1 heterocycles. The minimum absolute atomic E-state index is 0.852. The molecule has 0 atom stereocenters. The molecule has 0 unspecified atom stereocenters. The number of hydrogen-bond acceptors (Lipinski definition) is 3. The van der Waals surface area contributed by atoms with Crippen molar-refractivity contribution in [1.82, 2.24) is 4.57 Å². The highest BCUT2D eigenvalue weighted by Crippen LogP contribution is 2.33. The molecule has 0 aliphatic heterocycles. The third-order valence-electron chi connectivity index (χ3n) is 4.35. The molecule has 0 saturated carbocycles. The minimum Gasteiger partial charge on any atom is -0.284 e. The molecular formula is C24H21N3S. The lowest BCUT2D eigenvalue weighted by Crippen LogP contribution is -2.13. The van der Waals surface area contributed by atoms with Crippen LogP contribution in [-0.4, -0.2) is 10.3 Å². The topological polar surface area (TPSA) is 29.6 Å². The molecule has 28 heavy (non-hydrogen) atoms. The van der Waals surface area contributed by atoms with E-state index in [2.05, 4.69) is 80.8 Å². The maximum atomic E-state index is 4.50. The predicted molar refractivity (Wildman–Crippen MR) is 119 cm³/mol. The lowest BCUT2D eigenvalue weighted by atomic mass is 9.98. The lowest BCUT2D eigenvalue weighted by molar-refractivity contribution is 0.969. The van der Waals surface area contributed by atoms with E-state index >= 15 is 0 Å². The van der Waals surface area contributed by atoms with Crippen molar-refractivity contribution in [3.05, 3.63) is 95.1 Å². The van der Waals surface area contributed by atoms with Crippen molar-refractivity contribution in [2.45, 2.75) is 13.8 Å². The van der Waals surface area contributed by atoms with Crippen molar-refractivity contribution < 1.29 is 0 Å². The van der Waals surface area contributed by atoms with E-state index in [1.54, 1.807) is 11.3 Å². The van der Waals surface area contributed by atoms with E-state index in [9.17, 15) is 0 Å². The molecular weight excluding hydrogens is 362 g/mol. The molecule has 0 fully saturated rings. The van der Waals surface area contributed by atoms with Crippen LogP contribution in [0.15, 0.2) is 101 Å². The van der Waals surface area contributed by atoms with Crippen LogP contribution in [0.4, 0.5) is 0 Å². The van der Waals surface area contributed by atoms with Crippen molar-refractivity contribution in [3.63, 3.8) is 0 Å². The molecule has 4 rings (SSSR count). The van der Waals surface area contributed by atoms with Gasteiger partial charge in [0.25, 0.3) is 0 Å². The van der Waals surface area contributed by atoms with Crippen molar-refractivity contribution in [2.75, 3.05) is 0 Å². The zero-order valence-electron chi connectivity index (χ0n) is 15.9. The molecule has 0 amide bonds. The second-order valence-corrected chi connectivity index (χ2v) is 7.47. The molecule has 0 aliphatic carbocycles. The maximum absolute atomic E-state index is 4.50. The van der Waals surface area contributed by atoms with Gasteiger partial charge in [-0.25, -0.2) is 0 Å². The minimum atomic E-state index is 0.852. The van der Waals surface area contributed by atoms with Gasteiger partial charge in [0.2, 0.25) is 4.80 Å². The van der Waals surface area contributed by atoms with Gasteiger partial charge in [-0.1, -0.05) is 72.8 Å². The highest BCUT2D eigenvalue weighted by atomic mass is 32.1. The Morgan fingerprint density at radius 3 is 2.04 bits per heavy atom. The number of hydrogen-bond donors (Lipinski definition) is 0. The number of nitrogens with zero attached hydrogens (tertiary/aromatic N) is 3. The van der Waals surface area contributed by atoms with Gasteiger partial charge in [0.05, 0.1) is 5.69 Å². The van der Waals surface area contributed by atoms with Crippen molar-refractivity contribution in [1.29, 1.82) is 0 Å². The molecule has 0 bridgehead atoms. The molecule has 0 radical (unpaired) electrons. The summed E-state index contributed by atoms with van der Waals surface area (Å²) >= 11 is 1.60. The molecule has 0 spiro atoms. The number of aromatic nitrogens is 1. The summed E-state index contributed by atoms with van der Waals surface area (Å²) in [6.07, 6.45) is 0. The van der Waals surface area contributed by atoms with Crippen LogP contribution < -0.4 is 4.80 Å². The maximum Gasteiger partial charge on any atom is 0.215 e. The smallest absolute Gasteiger partial charge is 0.215 e. The lowest BCUT2D eigenvalue weighted by Gasteiger charge is -2.13. The Labute approximate surface area is 169 Å². The molecule has 4 heteroatoms. The third-order valence-corrected chi connectivity index (χ3v) is 5.16. The fourth-order valence-electron chi connectivity index (χ4n) is 3.11. The molecule has 3 nitrogen and oxygen atoms in total. The molecule has 4 aromatic rings. The quantitative estimate of drug-likeness (QED) is 0.298. The summed E-state index contributed by atoms with van der Waals surface area (Å²) in [4.78, 5) is 0.852. The molecule has 3 aromatic carbocycles. The first kappa shape index (κ1) is 18.1. The van der Waals surface area contributed by atoms with E-state index < -0.39 is 0 Å². The first-order valence-electron chi connectivity index (χ1n) is 9.20. The molecule has 0 aliphatic rings. The number of thiazole rings is 1. The van der Waals surface area contributed by atoms with Crippen molar-refractivity contribution >= 4 is 17.0 Å². The molecule has 0 N–H and O–H groups in total. The second kappa shape index (κ2) is 8.19. The molecule has 0 saturated heterocycles. The second-order valence-electron chi connectivity index (χ2n) is 6.63. The summed E-state index contributed by atoms with van der Waals surface area (Å²) in [5.74, 6) is 0. The van der Waals surface area contributed by atoms with Crippen LogP contribution in [0.5, 0.6) is 0 Å². The summed E-state index contributed by atoms with van der Waals surface area (Å²) in [5, 5.41) is 11.0. The number of para-hydroxylation sites is 1. The zero-order valence-corrected chi connectivity index (χ0v) is 16.7. The zero-order chi connectivity index (χ0) is 19.3. The first-order chi connectivity index (χ1) is 13.7. The Kier molecular flexibility index (Phi) is 5.31. The van der Waals surface area contributed by atoms with Crippen LogP contribution in [0, 0.1) is 0 Å². The summed E-state index contributed by atoms with van der Waals surface area (Å²) in [6.45, 7) is 3.91. The third kappa shape index (κ3) is 3.73. The average molecular weight is 384 g/mol. The van der Waals surface area contributed by atoms with Gasteiger partial charge in [-0.3, -0.25) is 4.57 Å². The van der Waals surface area contributed by atoms with Crippen LogP contribution in [0.2, 0.25) is 0 Å². The van der Waals surface area contributed by atoms with E-state index in [0.717, 1.165) is 21.9 Å². The monoisotopic (exact) mass is 383 g/mol. The Bertz CT molecular complexity index is 1170. The van der Waals surface area contributed by atoms with Gasteiger partial charge < -0.3 is 0 Å². The number of rotatable bonds is 4. The summed E-state index contributed by atoms with van der Waals surface area (Å²) in [7, 11) is 0. The standard InChI is InChI=1S/C24H21N3S/c1-18(2)25-26-24-27(20-13-7-4-8-14-20)23(17-28-24)22-16-10-9-15-21(22)19-11-5-3-6-12-19/h3-17H,1-2H3. The fraction of sp³-hybridized carbons (Fsp3) is 0.0833. The first-order valence-corrected chi connectivity index (χ1v) is 10.1.